The summed E-state index contributed by atoms with van der Waals surface area (Å²) >= 11 is 6.82. The fraction of sp³-hybridized carbons (Fsp3) is 0. The van der Waals surface area contributed by atoms with Gasteiger partial charge in [0.15, 0.2) is 0 Å². The summed E-state index contributed by atoms with van der Waals surface area (Å²) in [6, 6.07) is 22.1. The number of nitrogens with zero attached hydrogens (tertiary/aromatic N) is 2. The third kappa shape index (κ3) is 4.45. The molecule has 4 aromatic carbocycles. The Balaban J connectivity index is 1.73. The maximum absolute atomic E-state index is 10.0. The molecule has 4 aromatic rings. The van der Waals surface area contributed by atoms with Crippen LogP contribution in [0.1, 0.15) is 11.1 Å². The predicted molar refractivity (Wildman–Crippen MR) is 130 cm³/mol. The van der Waals surface area contributed by atoms with Gasteiger partial charge in [-0.2, -0.15) is 0 Å². The van der Waals surface area contributed by atoms with Crippen molar-refractivity contribution in [3.8, 4) is 11.5 Å². The van der Waals surface area contributed by atoms with Crippen LogP contribution in [0.5, 0.6) is 11.5 Å². The van der Waals surface area contributed by atoms with Crippen molar-refractivity contribution in [2.75, 3.05) is 0 Å². The zero-order chi connectivity index (χ0) is 21.1. The number of hydrogen-bond acceptors (Lipinski definition) is 4. The Morgan fingerprint density at radius 1 is 0.600 bits per heavy atom. The highest BCUT2D eigenvalue weighted by Crippen LogP contribution is 2.33. The van der Waals surface area contributed by atoms with Crippen LogP contribution in [-0.2, 0) is 0 Å². The maximum Gasteiger partial charge on any atom is 0.124 e. The number of fused-ring (bicyclic) bond motifs is 1. The van der Waals surface area contributed by atoms with Gasteiger partial charge in [-0.05, 0) is 48.5 Å². The van der Waals surface area contributed by atoms with Gasteiger partial charge in [-0.15, -0.1) is 0 Å². The zero-order valence-electron chi connectivity index (χ0n) is 15.6. The van der Waals surface area contributed by atoms with Crippen molar-refractivity contribution in [1.82, 2.24) is 0 Å². The third-order valence-electron chi connectivity index (χ3n) is 4.54. The molecule has 0 aromatic heterocycles. The van der Waals surface area contributed by atoms with E-state index < -0.39 is 0 Å². The van der Waals surface area contributed by atoms with E-state index >= 15 is 0 Å². The topological polar surface area (TPSA) is 65.2 Å². The van der Waals surface area contributed by atoms with Crippen molar-refractivity contribution in [1.29, 1.82) is 0 Å². The van der Waals surface area contributed by atoms with E-state index in [2.05, 4.69) is 41.8 Å². The maximum atomic E-state index is 10.0. The van der Waals surface area contributed by atoms with Crippen LogP contribution in [0.3, 0.4) is 0 Å². The monoisotopic (exact) mass is 522 g/mol. The van der Waals surface area contributed by atoms with Gasteiger partial charge in [-0.3, -0.25) is 9.98 Å². The largest absolute Gasteiger partial charge is 0.507 e. The highest BCUT2D eigenvalue weighted by atomic mass is 79.9. The van der Waals surface area contributed by atoms with E-state index in [9.17, 15) is 10.2 Å². The van der Waals surface area contributed by atoms with Gasteiger partial charge in [-0.25, -0.2) is 0 Å². The van der Waals surface area contributed by atoms with Crippen LogP contribution in [-0.4, -0.2) is 22.6 Å². The number of phenolic OH excluding ortho intramolecular Hbond substituents is 2. The van der Waals surface area contributed by atoms with Gasteiger partial charge in [0.25, 0.3) is 0 Å². The van der Waals surface area contributed by atoms with Gasteiger partial charge in [0.2, 0.25) is 0 Å². The van der Waals surface area contributed by atoms with Crippen LogP contribution >= 0.6 is 31.9 Å². The highest BCUT2D eigenvalue weighted by Gasteiger charge is 2.05. The lowest BCUT2D eigenvalue weighted by molar-refractivity contribution is 0.474. The number of aliphatic imine (C=N–C) groups is 2. The van der Waals surface area contributed by atoms with Gasteiger partial charge in [0, 0.05) is 43.3 Å². The van der Waals surface area contributed by atoms with Crippen molar-refractivity contribution in [3.05, 3.63) is 92.9 Å². The Hall–Kier alpha value is -2.96. The van der Waals surface area contributed by atoms with Crippen LogP contribution in [0, 0.1) is 0 Å². The van der Waals surface area contributed by atoms with Gasteiger partial charge in [-0.1, -0.05) is 56.1 Å². The average molecular weight is 524 g/mol. The molecule has 0 saturated heterocycles. The van der Waals surface area contributed by atoms with E-state index in [1.165, 1.54) is 0 Å². The highest BCUT2D eigenvalue weighted by molar-refractivity contribution is 9.10. The summed E-state index contributed by atoms with van der Waals surface area (Å²) < 4.78 is 1.74. The Morgan fingerprint density at radius 2 is 1.03 bits per heavy atom. The first-order valence-electron chi connectivity index (χ1n) is 9.08. The van der Waals surface area contributed by atoms with Gasteiger partial charge in [0.1, 0.15) is 11.5 Å². The van der Waals surface area contributed by atoms with Crippen LogP contribution in [0.4, 0.5) is 11.4 Å². The molecule has 0 atom stereocenters. The van der Waals surface area contributed by atoms with Crippen LogP contribution in [0.25, 0.3) is 10.8 Å². The Morgan fingerprint density at radius 3 is 1.47 bits per heavy atom. The smallest absolute Gasteiger partial charge is 0.124 e. The van der Waals surface area contributed by atoms with E-state index in [1.807, 2.05) is 48.5 Å². The quantitative estimate of drug-likeness (QED) is 0.276. The molecule has 148 valence electrons. The third-order valence-corrected chi connectivity index (χ3v) is 5.53. The van der Waals surface area contributed by atoms with E-state index in [0.717, 1.165) is 31.1 Å². The minimum Gasteiger partial charge on any atom is -0.507 e. The molecule has 0 radical (unpaired) electrons. The molecule has 0 aliphatic heterocycles. The lowest BCUT2D eigenvalue weighted by atomic mass is 10.1. The fourth-order valence-electron chi connectivity index (χ4n) is 3.04. The lowest BCUT2D eigenvalue weighted by Gasteiger charge is -2.06. The molecule has 30 heavy (non-hydrogen) atoms. The first-order chi connectivity index (χ1) is 14.5. The summed E-state index contributed by atoms with van der Waals surface area (Å²) in [5.41, 5.74) is 2.80. The summed E-state index contributed by atoms with van der Waals surface area (Å²) in [6.07, 6.45) is 3.29. The molecule has 0 bridgehead atoms. The van der Waals surface area contributed by atoms with Crippen molar-refractivity contribution in [2.24, 2.45) is 9.98 Å². The van der Waals surface area contributed by atoms with Crippen LogP contribution in [0.15, 0.2) is 91.7 Å². The second-order valence-electron chi connectivity index (χ2n) is 6.57. The molecule has 0 fully saturated rings. The summed E-state index contributed by atoms with van der Waals surface area (Å²) in [6.45, 7) is 0. The minimum atomic E-state index is 0.168. The van der Waals surface area contributed by atoms with Crippen molar-refractivity contribution in [3.63, 3.8) is 0 Å². The van der Waals surface area contributed by atoms with Gasteiger partial charge < -0.3 is 10.2 Å². The number of halogens is 2. The van der Waals surface area contributed by atoms with Gasteiger partial charge >= 0.3 is 0 Å². The number of rotatable bonds is 4. The predicted octanol–water partition coefficient (Wildman–Crippen LogP) is 7.28. The number of hydrogen-bond donors (Lipinski definition) is 2. The summed E-state index contributed by atoms with van der Waals surface area (Å²) in [4.78, 5) is 9.18. The van der Waals surface area contributed by atoms with Crippen molar-refractivity contribution < 1.29 is 10.2 Å². The molecular formula is C24H16Br2N2O2. The molecular weight excluding hydrogens is 508 g/mol. The second-order valence-corrected chi connectivity index (χ2v) is 8.40. The fourth-order valence-corrected chi connectivity index (χ4v) is 3.80. The average Bonchev–Trinajstić information content (AvgIpc) is 2.75. The van der Waals surface area contributed by atoms with E-state index in [-0.39, 0.29) is 11.5 Å². The molecule has 4 nitrogen and oxygen atoms in total. The molecule has 0 saturated carbocycles. The van der Waals surface area contributed by atoms with Crippen molar-refractivity contribution in [2.45, 2.75) is 0 Å². The first kappa shape index (κ1) is 20.3. The molecule has 0 amide bonds. The molecule has 0 spiro atoms. The molecule has 0 unspecified atom stereocenters. The number of aromatic hydroxyl groups is 2. The summed E-state index contributed by atoms with van der Waals surface area (Å²) in [7, 11) is 0. The SMILES string of the molecule is Oc1ccc(Br)cc1C=Nc1cccc2c(N=Cc3cc(Br)ccc3O)cccc12. The second kappa shape index (κ2) is 8.81. The standard InChI is InChI=1S/C24H16Br2N2O2/c25-17-7-9-23(29)15(11-17)13-27-21-5-1-3-19-20(21)4-2-6-22(19)28-14-16-12-18(26)8-10-24(16)30/h1-14,29-30H. The summed E-state index contributed by atoms with van der Waals surface area (Å²) in [5.74, 6) is 0.336. The zero-order valence-corrected chi connectivity index (χ0v) is 18.8. The molecule has 0 aliphatic carbocycles. The molecule has 4 rings (SSSR count). The summed E-state index contributed by atoms with van der Waals surface area (Å²) in [5, 5.41) is 22.0. The Bertz CT molecular complexity index is 1200. The van der Waals surface area contributed by atoms with Crippen LogP contribution in [0.2, 0.25) is 0 Å². The lowest BCUT2D eigenvalue weighted by Crippen LogP contribution is -1.84. The molecule has 6 heteroatoms. The Labute approximate surface area is 190 Å². The number of phenols is 2. The number of benzene rings is 4. The molecule has 2 N–H and O–H groups in total. The molecule has 0 heterocycles. The minimum absolute atomic E-state index is 0.168. The van der Waals surface area contributed by atoms with E-state index in [0.29, 0.717) is 11.1 Å². The van der Waals surface area contributed by atoms with Gasteiger partial charge in [0.05, 0.1) is 11.4 Å². The van der Waals surface area contributed by atoms with E-state index in [1.54, 1.807) is 36.7 Å². The van der Waals surface area contributed by atoms with Crippen molar-refractivity contribution >= 4 is 66.4 Å². The van der Waals surface area contributed by atoms with E-state index in [4.69, 9.17) is 0 Å². The normalized spacial score (nSPS) is 11.7. The van der Waals surface area contributed by atoms with Crippen LogP contribution < -0.4 is 0 Å². The molecule has 0 aliphatic rings. The Kier molecular flexibility index (Phi) is 5.97. The first-order valence-corrected chi connectivity index (χ1v) is 10.7.